The average molecular weight is 282 g/mol. The van der Waals surface area contributed by atoms with Crippen LogP contribution in [-0.2, 0) is 6.42 Å². The molecule has 0 aliphatic heterocycles. The van der Waals surface area contributed by atoms with E-state index in [0.717, 1.165) is 16.8 Å². The van der Waals surface area contributed by atoms with Crippen molar-refractivity contribution in [3.8, 4) is 0 Å². The van der Waals surface area contributed by atoms with Gasteiger partial charge in [-0.05, 0) is 31.5 Å². The van der Waals surface area contributed by atoms with Crippen LogP contribution in [0, 0.1) is 13.8 Å². The second-order valence-electron chi connectivity index (χ2n) is 4.16. The predicted molar refractivity (Wildman–Crippen MR) is 75.2 cm³/mol. The maximum Gasteiger partial charge on any atom is 0.135 e. The summed E-state index contributed by atoms with van der Waals surface area (Å²) in [6.45, 7) is 3.83. The van der Waals surface area contributed by atoms with Crippen LogP contribution in [0.25, 0.3) is 0 Å². The summed E-state index contributed by atoms with van der Waals surface area (Å²) in [6.07, 6.45) is 0.586. The van der Waals surface area contributed by atoms with Gasteiger partial charge in [-0.1, -0.05) is 29.3 Å². The van der Waals surface area contributed by atoms with Crippen molar-refractivity contribution < 1.29 is 0 Å². The Morgan fingerprint density at radius 2 is 1.83 bits per heavy atom. The summed E-state index contributed by atoms with van der Waals surface area (Å²) in [5.74, 6) is 1.21. The van der Waals surface area contributed by atoms with Gasteiger partial charge in [0.05, 0.1) is 10.0 Å². The van der Waals surface area contributed by atoms with Gasteiger partial charge in [-0.25, -0.2) is 9.97 Å². The highest BCUT2D eigenvalue weighted by Gasteiger charge is 2.07. The Kier molecular flexibility index (Phi) is 3.73. The second-order valence-corrected chi connectivity index (χ2v) is 4.98. The molecule has 0 amide bonds. The maximum atomic E-state index is 5.97. The van der Waals surface area contributed by atoms with Gasteiger partial charge in [-0.2, -0.15) is 0 Å². The molecule has 1 heterocycles. The number of aromatic nitrogens is 2. The Labute approximate surface area is 116 Å². The summed E-state index contributed by atoms with van der Waals surface area (Å²) in [5.41, 5.74) is 8.66. The Morgan fingerprint density at radius 1 is 1.11 bits per heavy atom. The van der Waals surface area contributed by atoms with E-state index in [4.69, 9.17) is 28.9 Å². The van der Waals surface area contributed by atoms with Crippen LogP contribution in [0.3, 0.4) is 0 Å². The van der Waals surface area contributed by atoms with Gasteiger partial charge in [0.1, 0.15) is 11.6 Å². The lowest BCUT2D eigenvalue weighted by atomic mass is 10.1. The summed E-state index contributed by atoms with van der Waals surface area (Å²) in [6, 6.07) is 5.49. The van der Waals surface area contributed by atoms with E-state index in [9.17, 15) is 0 Å². The number of hydrogen-bond donors (Lipinski definition) is 1. The van der Waals surface area contributed by atoms with Gasteiger partial charge in [-0.15, -0.1) is 0 Å². The van der Waals surface area contributed by atoms with E-state index >= 15 is 0 Å². The lowest BCUT2D eigenvalue weighted by molar-refractivity contribution is 0.934. The largest absolute Gasteiger partial charge is 0.383 e. The first kappa shape index (κ1) is 13.1. The molecule has 18 heavy (non-hydrogen) atoms. The number of benzene rings is 1. The fourth-order valence-corrected chi connectivity index (χ4v) is 1.94. The van der Waals surface area contributed by atoms with Gasteiger partial charge < -0.3 is 5.73 Å². The van der Waals surface area contributed by atoms with E-state index in [2.05, 4.69) is 9.97 Å². The van der Waals surface area contributed by atoms with Crippen molar-refractivity contribution in [1.29, 1.82) is 0 Å². The summed E-state index contributed by atoms with van der Waals surface area (Å²) in [5, 5.41) is 1.08. The Hall–Kier alpha value is -1.32. The number of anilines is 1. The summed E-state index contributed by atoms with van der Waals surface area (Å²) in [7, 11) is 0. The van der Waals surface area contributed by atoms with Crippen molar-refractivity contribution in [2.45, 2.75) is 20.3 Å². The third-order valence-electron chi connectivity index (χ3n) is 2.82. The highest BCUT2D eigenvalue weighted by atomic mass is 35.5. The minimum absolute atomic E-state index is 0.526. The van der Waals surface area contributed by atoms with Gasteiger partial charge in [0.25, 0.3) is 0 Å². The van der Waals surface area contributed by atoms with E-state index in [1.165, 1.54) is 0 Å². The zero-order chi connectivity index (χ0) is 13.3. The maximum absolute atomic E-state index is 5.97. The highest BCUT2D eigenvalue weighted by molar-refractivity contribution is 6.42. The smallest absolute Gasteiger partial charge is 0.135 e. The molecule has 94 valence electrons. The Bertz CT molecular complexity index is 574. The standard InChI is InChI=1S/C13H13Cl2N3/c1-7-8(2)17-12(18-13(7)16)6-9-3-4-10(14)11(15)5-9/h3-5H,6H2,1-2H3,(H2,16,17,18). The molecular weight excluding hydrogens is 269 g/mol. The number of rotatable bonds is 2. The topological polar surface area (TPSA) is 51.8 Å². The number of aryl methyl sites for hydroxylation is 1. The molecule has 1 aromatic carbocycles. The van der Waals surface area contributed by atoms with Crippen LogP contribution >= 0.6 is 23.2 Å². The Balaban J connectivity index is 2.31. The molecule has 0 aliphatic carbocycles. The fourth-order valence-electron chi connectivity index (χ4n) is 1.62. The van der Waals surface area contributed by atoms with Crippen molar-refractivity contribution in [1.82, 2.24) is 9.97 Å². The summed E-state index contributed by atoms with van der Waals surface area (Å²) < 4.78 is 0. The minimum atomic E-state index is 0.526. The monoisotopic (exact) mass is 281 g/mol. The number of nitrogens with zero attached hydrogens (tertiary/aromatic N) is 2. The first-order valence-corrected chi connectivity index (χ1v) is 6.26. The molecule has 0 saturated carbocycles. The average Bonchev–Trinajstić information content (AvgIpc) is 2.31. The van der Waals surface area contributed by atoms with Gasteiger partial charge in [0.15, 0.2) is 0 Å². The SMILES string of the molecule is Cc1nc(Cc2ccc(Cl)c(Cl)c2)nc(N)c1C. The van der Waals surface area contributed by atoms with Gasteiger partial charge >= 0.3 is 0 Å². The molecule has 2 aromatic rings. The normalized spacial score (nSPS) is 10.7. The molecule has 2 N–H and O–H groups in total. The zero-order valence-electron chi connectivity index (χ0n) is 10.2. The first-order chi connectivity index (χ1) is 8.47. The molecule has 0 bridgehead atoms. The van der Waals surface area contributed by atoms with Crippen molar-refractivity contribution in [2.24, 2.45) is 0 Å². The number of nitrogens with two attached hydrogens (primary N) is 1. The highest BCUT2D eigenvalue weighted by Crippen LogP contribution is 2.23. The molecule has 0 fully saturated rings. The quantitative estimate of drug-likeness (QED) is 0.916. The lowest BCUT2D eigenvalue weighted by Gasteiger charge is -2.07. The van der Waals surface area contributed by atoms with Crippen molar-refractivity contribution in [3.63, 3.8) is 0 Å². The van der Waals surface area contributed by atoms with Crippen molar-refractivity contribution in [2.75, 3.05) is 5.73 Å². The molecule has 0 aliphatic rings. The first-order valence-electron chi connectivity index (χ1n) is 5.51. The Morgan fingerprint density at radius 3 is 2.44 bits per heavy atom. The minimum Gasteiger partial charge on any atom is -0.383 e. The van der Waals surface area contributed by atoms with Crippen LogP contribution in [0.4, 0.5) is 5.82 Å². The molecular formula is C13H13Cl2N3. The number of hydrogen-bond acceptors (Lipinski definition) is 3. The molecule has 5 heteroatoms. The van der Waals surface area contributed by atoms with Crippen LogP contribution in [-0.4, -0.2) is 9.97 Å². The predicted octanol–water partition coefficient (Wildman–Crippen LogP) is 3.57. The zero-order valence-corrected chi connectivity index (χ0v) is 11.7. The second kappa shape index (κ2) is 5.12. The van der Waals surface area contributed by atoms with E-state index < -0.39 is 0 Å². The summed E-state index contributed by atoms with van der Waals surface area (Å²) >= 11 is 11.8. The van der Waals surface area contributed by atoms with Crippen molar-refractivity contribution in [3.05, 3.63) is 50.9 Å². The molecule has 0 radical (unpaired) electrons. The van der Waals surface area contributed by atoms with Crippen LogP contribution in [0.5, 0.6) is 0 Å². The molecule has 0 saturated heterocycles. The van der Waals surface area contributed by atoms with Gasteiger partial charge in [-0.3, -0.25) is 0 Å². The van der Waals surface area contributed by atoms with Crippen LogP contribution in [0.15, 0.2) is 18.2 Å². The fraction of sp³-hybridized carbons (Fsp3) is 0.231. The van der Waals surface area contributed by atoms with Gasteiger partial charge in [0.2, 0.25) is 0 Å². The van der Waals surface area contributed by atoms with E-state index in [-0.39, 0.29) is 0 Å². The van der Waals surface area contributed by atoms with Gasteiger partial charge in [0, 0.05) is 17.7 Å². The molecule has 2 rings (SSSR count). The molecule has 1 aromatic heterocycles. The van der Waals surface area contributed by atoms with Crippen LogP contribution in [0.2, 0.25) is 10.0 Å². The third-order valence-corrected chi connectivity index (χ3v) is 3.56. The van der Waals surface area contributed by atoms with Crippen LogP contribution < -0.4 is 5.73 Å². The number of halogens is 2. The van der Waals surface area contributed by atoms with E-state index in [0.29, 0.717) is 28.1 Å². The molecule has 0 spiro atoms. The molecule has 3 nitrogen and oxygen atoms in total. The van der Waals surface area contributed by atoms with E-state index in [1.807, 2.05) is 26.0 Å². The molecule has 0 unspecified atom stereocenters. The van der Waals surface area contributed by atoms with Crippen molar-refractivity contribution >= 4 is 29.0 Å². The summed E-state index contributed by atoms with van der Waals surface area (Å²) in [4.78, 5) is 8.69. The lowest BCUT2D eigenvalue weighted by Crippen LogP contribution is -2.05. The third kappa shape index (κ3) is 2.74. The number of nitrogen functional groups attached to an aromatic ring is 1. The van der Waals surface area contributed by atoms with Crippen LogP contribution in [0.1, 0.15) is 22.6 Å². The molecule has 0 atom stereocenters. The van der Waals surface area contributed by atoms with E-state index in [1.54, 1.807) is 6.07 Å².